The van der Waals surface area contributed by atoms with Crippen LogP contribution in [0.25, 0.3) is 0 Å². The molecule has 3 N–H and O–H groups in total. The molecule has 0 aliphatic heterocycles. The number of nitrogens with two attached hydrogens (primary N) is 1. The van der Waals surface area contributed by atoms with E-state index < -0.39 is 4.92 Å². The van der Waals surface area contributed by atoms with Crippen LogP contribution in [0.15, 0.2) is 36.4 Å². The molecule has 0 aliphatic carbocycles. The van der Waals surface area contributed by atoms with Crippen LogP contribution in [0.2, 0.25) is 0 Å². The van der Waals surface area contributed by atoms with E-state index in [1.54, 1.807) is 36.2 Å². The Hall–Kier alpha value is -3.18. The van der Waals surface area contributed by atoms with Crippen molar-refractivity contribution in [1.29, 1.82) is 5.26 Å². The molecule has 0 saturated heterocycles. The molecule has 106 valence electrons. The first-order valence-corrected chi connectivity index (χ1v) is 5.92. The van der Waals surface area contributed by atoms with E-state index in [4.69, 9.17) is 11.1 Å². The number of nitrogen functional groups attached to an aromatic ring is 1. The Morgan fingerprint density at radius 2 is 2.05 bits per heavy atom. The van der Waals surface area contributed by atoms with Crippen LogP contribution >= 0.6 is 0 Å². The molecule has 21 heavy (non-hydrogen) atoms. The van der Waals surface area contributed by atoms with Gasteiger partial charge in [-0.2, -0.15) is 5.26 Å². The Labute approximate surface area is 120 Å². The third-order valence-corrected chi connectivity index (χ3v) is 2.88. The normalized spacial score (nSPS) is 9.76. The number of aromatic nitrogens is 1. The standard InChI is InChI=1S/C13H12N6O2/c1-18(10-4-2-9(8-14)3-5-10)13-7-11(19(20)21)6-12(16-13)17-15/h2-7H,15H2,1H3,(H,16,17). The highest BCUT2D eigenvalue weighted by atomic mass is 16.6. The van der Waals surface area contributed by atoms with Gasteiger partial charge in [0.2, 0.25) is 0 Å². The van der Waals surface area contributed by atoms with E-state index in [0.29, 0.717) is 11.4 Å². The number of rotatable bonds is 4. The lowest BCUT2D eigenvalue weighted by molar-refractivity contribution is -0.384. The minimum Gasteiger partial charge on any atom is -0.329 e. The van der Waals surface area contributed by atoms with E-state index >= 15 is 0 Å². The summed E-state index contributed by atoms with van der Waals surface area (Å²) in [4.78, 5) is 16.2. The van der Waals surface area contributed by atoms with Gasteiger partial charge < -0.3 is 10.3 Å². The molecule has 8 nitrogen and oxygen atoms in total. The van der Waals surface area contributed by atoms with E-state index in [2.05, 4.69) is 10.4 Å². The van der Waals surface area contributed by atoms with Crippen LogP contribution < -0.4 is 16.2 Å². The number of nitrogens with zero attached hydrogens (tertiary/aromatic N) is 4. The van der Waals surface area contributed by atoms with Gasteiger partial charge in [-0.15, -0.1) is 0 Å². The topological polar surface area (TPSA) is 121 Å². The van der Waals surface area contributed by atoms with Crippen molar-refractivity contribution < 1.29 is 4.92 Å². The van der Waals surface area contributed by atoms with Crippen molar-refractivity contribution in [3.63, 3.8) is 0 Å². The van der Waals surface area contributed by atoms with Crippen molar-refractivity contribution in [2.24, 2.45) is 5.84 Å². The number of benzene rings is 1. The van der Waals surface area contributed by atoms with Crippen LogP contribution in [-0.4, -0.2) is 17.0 Å². The summed E-state index contributed by atoms with van der Waals surface area (Å²) in [7, 11) is 1.72. The van der Waals surface area contributed by atoms with Crippen molar-refractivity contribution >= 4 is 23.0 Å². The number of nitro groups is 1. The zero-order valence-corrected chi connectivity index (χ0v) is 11.1. The number of hydrogen-bond donors (Lipinski definition) is 2. The Morgan fingerprint density at radius 3 is 2.57 bits per heavy atom. The predicted octanol–water partition coefficient (Wildman–Crippen LogP) is 1.91. The molecule has 1 aromatic carbocycles. The fraction of sp³-hybridized carbons (Fsp3) is 0.0769. The van der Waals surface area contributed by atoms with Crippen LogP contribution in [0.1, 0.15) is 5.56 Å². The molecular formula is C13H12N6O2. The van der Waals surface area contributed by atoms with Gasteiger partial charge in [0, 0.05) is 12.7 Å². The second-order valence-corrected chi connectivity index (χ2v) is 4.19. The fourth-order valence-electron chi connectivity index (χ4n) is 1.74. The van der Waals surface area contributed by atoms with Gasteiger partial charge in [-0.25, -0.2) is 10.8 Å². The van der Waals surface area contributed by atoms with Crippen LogP contribution in [0.4, 0.5) is 23.0 Å². The van der Waals surface area contributed by atoms with Crippen molar-refractivity contribution in [3.8, 4) is 6.07 Å². The molecule has 0 amide bonds. The second-order valence-electron chi connectivity index (χ2n) is 4.19. The number of hydrazine groups is 1. The van der Waals surface area contributed by atoms with E-state index in [0.717, 1.165) is 5.69 Å². The summed E-state index contributed by atoms with van der Waals surface area (Å²) in [6.07, 6.45) is 0. The third-order valence-electron chi connectivity index (χ3n) is 2.88. The van der Waals surface area contributed by atoms with E-state index in [9.17, 15) is 10.1 Å². The molecular weight excluding hydrogens is 272 g/mol. The van der Waals surface area contributed by atoms with E-state index in [-0.39, 0.29) is 11.5 Å². The number of nitrogens with one attached hydrogen (secondary N) is 1. The minimum atomic E-state index is -0.515. The molecule has 8 heteroatoms. The van der Waals surface area contributed by atoms with Gasteiger partial charge in [0.15, 0.2) is 0 Å². The Morgan fingerprint density at radius 1 is 1.38 bits per heavy atom. The average Bonchev–Trinajstić information content (AvgIpc) is 2.53. The Balaban J connectivity index is 2.41. The highest BCUT2D eigenvalue weighted by molar-refractivity contribution is 5.64. The SMILES string of the molecule is CN(c1ccc(C#N)cc1)c1cc([N+](=O)[O-])cc(NN)n1. The molecule has 0 atom stereocenters. The second kappa shape index (κ2) is 5.85. The van der Waals surface area contributed by atoms with Gasteiger partial charge in [0.25, 0.3) is 5.69 Å². The summed E-state index contributed by atoms with van der Waals surface area (Å²) >= 11 is 0. The predicted molar refractivity (Wildman–Crippen MR) is 77.9 cm³/mol. The number of hydrogen-bond acceptors (Lipinski definition) is 7. The van der Waals surface area contributed by atoms with E-state index in [1.165, 1.54) is 12.1 Å². The van der Waals surface area contributed by atoms with Gasteiger partial charge >= 0.3 is 0 Å². The van der Waals surface area contributed by atoms with Crippen molar-refractivity contribution in [2.45, 2.75) is 0 Å². The quantitative estimate of drug-likeness (QED) is 0.499. The molecule has 0 unspecified atom stereocenters. The minimum absolute atomic E-state index is 0.117. The van der Waals surface area contributed by atoms with Gasteiger partial charge in [-0.1, -0.05) is 0 Å². The first-order chi connectivity index (χ1) is 10.0. The molecule has 2 aromatic rings. The number of anilines is 3. The third kappa shape index (κ3) is 3.05. The van der Waals surface area contributed by atoms with Gasteiger partial charge in [0.1, 0.15) is 11.6 Å². The number of pyridine rings is 1. The first kappa shape index (κ1) is 14.2. The molecule has 2 rings (SSSR count). The molecule has 0 fully saturated rings. The smallest absolute Gasteiger partial charge is 0.276 e. The molecule has 0 saturated carbocycles. The molecule has 0 radical (unpaired) electrons. The van der Waals surface area contributed by atoms with Crippen molar-refractivity contribution in [1.82, 2.24) is 4.98 Å². The lowest BCUT2D eigenvalue weighted by Gasteiger charge is -2.18. The summed E-state index contributed by atoms with van der Waals surface area (Å²) in [6, 6.07) is 11.4. The van der Waals surface area contributed by atoms with Gasteiger partial charge in [-0.05, 0) is 24.3 Å². The maximum absolute atomic E-state index is 10.9. The summed E-state index contributed by atoms with van der Waals surface area (Å²) in [5.74, 6) is 5.83. The van der Waals surface area contributed by atoms with Crippen LogP contribution in [0, 0.1) is 21.4 Å². The summed E-state index contributed by atoms with van der Waals surface area (Å²) in [5.41, 5.74) is 3.46. The van der Waals surface area contributed by atoms with Crippen molar-refractivity contribution in [3.05, 3.63) is 52.1 Å². The zero-order chi connectivity index (χ0) is 15.4. The zero-order valence-electron chi connectivity index (χ0n) is 11.1. The highest BCUT2D eigenvalue weighted by Gasteiger charge is 2.14. The van der Waals surface area contributed by atoms with Crippen LogP contribution in [0.5, 0.6) is 0 Å². The lowest BCUT2D eigenvalue weighted by Crippen LogP contribution is -2.15. The lowest BCUT2D eigenvalue weighted by atomic mass is 10.2. The molecule has 0 spiro atoms. The average molecular weight is 284 g/mol. The van der Waals surface area contributed by atoms with Crippen LogP contribution in [0.3, 0.4) is 0 Å². The molecule has 1 heterocycles. The number of nitriles is 1. The molecule has 0 aliphatic rings. The summed E-state index contributed by atoms with van der Waals surface area (Å²) in [5, 5.41) is 19.7. The first-order valence-electron chi connectivity index (χ1n) is 5.92. The summed E-state index contributed by atoms with van der Waals surface area (Å²) in [6.45, 7) is 0. The monoisotopic (exact) mass is 284 g/mol. The Kier molecular flexibility index (Phi) is 3.97. The molecule has 0 bridgehead atoms. The Bertz CT molecular complexity index is 708. The maximum Gasteiger partial charge on any atom is 0.276 e. The molecule has 1 aromatic heterocycles. The van der Waals surface area contributed by atoms with E-state index in [1.807, 2.05) is 6.07 Å². The van der Waals surface area contributed by atoms with Crippen LogP contribution in [-0.2, 0) is 0 Å². The highest BCUT2D eigenvalue weighted by Crippen LogP contribution is 2.27. The summed E-state index contributed by atoms with van der Waals surface area (Å²) < 4.78 is 0. The van der Waals surface area contributed by atoms with Crippen molar-refractivity contribution in [2.75, 3.05) is 17.4 Å². The fourth-order valence-corrected chi connectivity index (χ4v) is 1.74. The largest absolute Gasteiger partial charge is 0.329 e. The van der Waals surface area contributed by atoms with Gasteiger partial charge in [0.05, 0.1) is 28.7 Å². The van der Waals surface area contributed by atoms with Gasteiger partial charge in [-0.3, -0.25) is 10.1 Å². The maximum atomic E-state index is 10.9.